The van der Waals surface area contributed by atoms with Crippen LogP contribution in [0.1, 0.15) is 24.0 Å². The first-order chi connectivity index (χ1) is 11.5. The Balaban J connectivity index is 1.80. The van der Waals surface area contributed by atoms with E-state index in [1.807, 2.05) is 55.4 Å². The smallest absolute Gasteiger partial charge is 0.185 e. The summed E-state index contributed by atoms with van der Waals surface area (Å²) >= 11 is 0. The minimum atomic E-state index is -0.286. The molecule has 0 radical (unpaired) electrons. The molecule has 0 aromatic heterocycles. The fourth-order valence-electron chi connectivity index (χ4n) is 2.85. The van der Waals surface area contributed by atoms with Crippen LogP contribution in [0.2, 0.25) is 0 Å². The fraction of sp³-hybridized carbons (Fsp3) is 0.190. The summed E-state index contributed by atoms with van der Waals surface area (Å²) in [7, 11) is 3.99. The third-order valence-electron chi connectivity index (χ3n) is 4.19. The van der Waals surface area contributed by atoms with Gasteiger partial charge in [0.1, 0.15) is 5.82 Å². The Morgan fingerprint density at radius 1 is 0.917 bits per heavy atom. The standard InChI is InChI=1S/C21H20FNO/c1-23(2)20-10-6-15(7-11-20)12-17-8-9-18(21(17)24)13-16-4-3-5-19(22)14-16/h3-7,10-14H,8-9H2,1-2H3. The van der Waals surface area contributed by atoms with E-state index in [2.05, 4.69) is 0 Å². The lowest BCUT2D eigenvalue weighted by atomic mass is 10.1. The second-order valence-corrected chi connectivity index (χ2v) is 6.21. The fourth-order valence-corrected chi connectivity index (χ4v) is 2.85. The SMILES string of the molecule is CN(C)c1ccc(C=C2CCC(=Cc3cccc(F)c3)C2=O)cc1. The lowest BCUT2D eigenvalue weighted by Gasteiger charge is -2.11. The van der Waals surface area contributed by atoms with Crippen LogP contribution in [0.15, 0.2) is 59.7 Å². The van der Waals surface area contributed by atoms with E-state index >= 15 is 0 Å². The van der Waals surface area contributed by atoms with Crippen molar-refractivity contribution in [2.75, 3.05) is 19.0 Å². The molecule has 2 aromatic carbocycles. The molecule has 0 unspecified atom stereocenters. The van der Waals surface area contributed by atoms with Gasteiger partial charge in [0.15, 0.2) is 5.78 Å². The summed E-state index contributed by atoms with van der Waals surface area (Å²) in [6.45, 7) is 0. The number of hydrogen-bond acceptors (Lipinski definition) is 2. The predicted molar refractivity (Wildman–Crippen MR) is 97.4 cm³/mol. The zero-order valence-corrected chi connectivity index (χ0v) is 13.9. The van der Waals surface area contributed by atoms with E-state index in [0.717, 1.165) is 34.4 Å². The molecule has 0 heterocycles. The molecule has 3 rings (SSSR count). The maximum Gasteiger partial charge on any atom is 0.185 e. The van der Waals surface area contributed by atoms with E-state index < -0.39 is 0 Å². The number of benzene rings is 2. The highest BCUT2D eigenvalue weighted by molar-refractivity contribution is 6.15. The molecule has 1 fully saturated rings. The van der Waals surface area contributed by atoms with Crippen LogP contribution in [-0.4, -0.2) is 19.9 Å². The molecule has 3 heteroatoms. The number of carbonyl (C=O) groups excluding carboxylic acids is 1. The zero-order chi connectivity index (χ0) is 17.1. The van der Waals surface area contributed by atoms with Crippen molar-refractivity contribution in [2.24, 2.45) is 0 Å². The molecule has 1 aliphatic carbocycles. The average molecular weight is 321 g/mol. The Labute approximate surface area is 141 Å². The second-order valence-electron chi connectivity index (χ2n) is 6.21. The predicted octanol–water partition coefficient (Wildman–Crippen LogP) is 4.72. The topological polar surface area (TPSA) is 20.3 Å². The van der Waals surface area contributed by atoms with Crippen LogP contribution in [0.5, 0.6) is 0 Å². The van der Waals surface area contributed by atoms with Crippen LogP contribution in [0, 0.1) is 5.82 Å². The van der Waals surface area contributed by atoms with Crippen LogP contribution in [0.25, 0.3) is 12.2 Å². The number of ketones is 1. The van der Waals surface area contributed by atoms with Gasteiger partial charge in [0.2, 0.25) is 0 Å². The van der Waals surface area contributed by atoms with Gasteiger partial charge in [-0.1, -0.05) is 24.3 Å². The molecule has 2 nitrogen and oxygen atoms in total. The molecule has 0 N–H and O–H groups in total. The second kappa shape index (κ2) is 6.83. The van der Waals surface area contributed by atoms with Crippen molar-refractivity contribution in [1.29, 1.82) is 0 Å². The molecule has 122 valence electrons. The molecular weight excluding hydrogens is 301 g/mol. The quantitative estimate of drug-likeness (QED) is 0.762. The number of rotatable bonds is 3. The molecule has 1 aliphatic rings. The van der Waals surface area contributed by atoms with Crippen molar-refractivity contribution in [1.82, 2.24) is 0 Å². The summed E-state index contributed by atoms with van der Waals surface area (Å²) in [6.07, 6.45) is 5.18. The van der Waals surface area contributed by atoms with Crippen molar-refractivity contribution in [3.05, 3.63) is 76.6 Å². The zero-order valence-electron chi connectivity index (χ0n) is 13.9. The van der Waals surface area contributed by atoms with E-state index in [9.17, 15) is 9.18 Å². The van der Waals surface area contributed by atoms with Crippen LogP contribution in [0.3, 0.4) is 0 Å². The summed E-state index contributed by atoms with van der Waals surface area (Å²) < 4.78 is 13.3. The first-order valence-corrected chi connectivity index (χ1v) is 8.02. The minimum Gasteiger partial charge on any atom is -0.378 e. The molecular formula is C21H20FNO. The highest BCUT2D eigenvalue weighted by Gasteiger charge is 2.22. The number of hydrogen-bond donors (Lipinski definition) is 0. The van der Waals surface area contributed by atoms with Crippen molar-refractivity contribution < 1.29 is 9.18 Å². The van der Waals surface area contributed by atoms with Gasteiger partial charge in [-0.15, -0.1) is 0 Å². The molecule has 0 atom stereocenters. The van der Waals surface area contributed by atoms with Crippen LogP contribution < -0.4 is 4.90 Å². The molecule has 0 saturated heterocycles. The summed E-state index contributed by atoms with van der Waals surface area (Å²) in [5.41, 5.74) is 4.44. The van der Waals surface area contributed by atoms with Crippen LogP contribution in [0.4, 0.5) is 10.1 Å². The van der Waals surface area contributed by atoms with E-state index in [1.54, 1.807) is 12.1 Å². The molecule has 1 saturated carbocycles. The maximum atomic E-state index is 13.3. The van der Waals surface area contributed by atoms with Gasteiger partial charge >= 0.3 is 0 Å². The van der Waals surface area contributed by atoms with E-state index in [0.29, 0.717) is 6.42 Å². The number of anilines is 1. The molecule has 24 heavy (non-hydrogen) atoms. The van der Waals surface area contributed by atoms with Gasteiger partial charge in [-0.2, -0.15) is 0 Å². The average Bonchev–Trinajstić information content (AvgIpc) is 2.89. The number of allylic oxidation sites excluding steroid dienone is 2. The van der Waals surface area contributed by atoms with Crippen LogP contribution >= 0.6 is 0 Å². The summed E-state index contributed by atoms with van der Waals surface area (Å²) in [5.74, 6) is -0.220. The molecule has 0 spiro atoms. The third kappa shape index (κ3) is 3.62. The maximum absolute atomic E-state index is 13.3. The van der Waals surface area contributed by atoms with Gasteiger partial charge in [0.25, 0.3) is 0 Å². The van der Waals surface area contributed by atoms with E-state index in [1.165, 1.54) is 12.1 Å². The highest BCUT2D eigenvalue weighted by atomic mass is 19.1. The molecule has 0 amide bonds. The summed E-state index contributed by atoms with van der Waals surface area (Å²) in [5, 5.41) is 0. The summed E-state index contributed by atoms with van der Waals surface area (Å²) in [4.78, 5) is 14.6. The van der Waals surface area contributed by atoms with Crippen molar-refractivity contribution in [3.8, 4) is 0 Å². The van der Waals surface area contributed by atoms with Gasteiger partial charge < -0.3 is 4.90 Å². The molecule has 0 bridgehead atoms. The van der Waals surface area contributed by atoms with E-state index in [4.69, 9.17) is 0 Å². The Morgan fingerprint density at radius 3 is 2.12 bits per heavy atom. The Morgan fingerprint density at radius 2 is 1.54 bits per heavy atom. The number of Topliss-reactive ketones (excluding diaryl/α,β-unsaturated/α-hetero) is 1. The monoisotopic (exact) mass is 321 g/mol. The first kappa shape index (κ1) is 16.2. The minimum absolute atomic E-state index is 0.0657. The van der Waals surface area contributed by atoms with Crippen molar-refractivity contribution >= 4 is 23.6 Å². The lowest BCUT2D eigenvalue weighted by Crippen LogP contribution is -2.07. The van der Waals surface area contributed by atoms with Gasteiger partial charge in [-0.25, -0.2) is 4.39 Å². The Kier molecular flexibility index (Phi) is 4.61. The number of halogens is 1. The van der Waals surface area contributed by atoms with Gasteiger partial charge in [-0.3, -0.25) is 4.79 Å². The van der Waals surface area contributed by atoms with Gasteiger partial charge in [0.05, 0.1) is 0 Å². The highest BCUT2D eigenvalue weighted by Crippen LogP contribution is 2.29. The number of carbonyl (C=O) groups is 1. The summed E-state index contributed by atoms with van der Waals surface area (Å²) in [6, 6.07) is 14.4. The van der Waals surface area contributed by atoms with Crippen molar-refractivity contribution in [2.45, 2.75) is 12.8 Å². The normalized spacial score (nSPS) is 17.7. The van der Waals surface area contributed by atoms with Gasteiger partial charge in [0, 0.05) is 30.9 Å². The lowest BCUT2D eigenvalue weighted by molar-refractivity contribution is -0.111. The Hall–Kier alpha value is -2.68. The van der Waals surface area contributed by atoms with E-state index in [-0.39, 0.29) is 11.6 Å². The van der Waals surface area contributed by atoms with Crippen molar-refractivity contribution in [3.63, 3.8) is 0 Å². The molecule has 0 aliphatic heterocycles. The third-order valence-corrected chi connectivity index (χ3v) is 4.19. The first-order valence-electron chi connectivity index (χ1n) is 8.02. The largest absolute Gasteiger partial charge is 0.378 e. The Bertz CT molecular complexity index is 816. The van der Waals surface area contributed by atoms with Gasteiger partial charge in [-0.05, 0) is 60.4 Å². The molecule has 2 aromatic rings. The van der Waals surface area contributed by atoms with Crippen LogP contribution in [-0.2, 0) is 4.79 Å². The number of nitrogens with zero attached hydrogens (tertiary/aromatic N) is 1.